The molecular formula is C25H26N2O5. The number of nitrogens with zero attached hydrogens (tertiary/aromatic N) is 1. The Morgan fingerprint density at radius 1 is 0.969 bits per heavy atom. The highest BCUT2D eigenvalue weighted by atomic mass is 16.6. The number of carbonyl (C=O) groups excluding carboxylic acids is 2. The molecule has 0 aliphatic carbocycles. The molecule has 0 atom stereocenters. The summed E-state index contributed by atoms with van der Waals surface area (Å²) in [4.78, 5) is 26.7. The van der Waals surface area contributed by atoms with Gasteiger partial charge in [-0.25, -0.2) is 0 Å². The van der Waals surface area contributed by atoms with Gasteiger partial charge in [-0.15, -0.1) is 0 Å². The molecule has 0 radical (unpaired) electrons. The van der Waals surface area contributed by atoms with Crippen molar-refractivity contribution in [1.29, 1.82) is 0 Å². The van der Waals surface area contributed by atoms with E-state index in [1.807, 2.05) is 49.4 Å². The van der Waals surface area contributed by atoms with Crippen molar-refractivity contribution < 1.29 is 23.5 Å². The van der Waals surface area contributed by atoms with Crippen LogP contribution in [0.25, 0.3) is 11.3 Å². The summed E-state index contributed by atoms with van der Waals surface area (Å²) < 4.78 is 16.9. The molecular weight excluding hydrogens is 408 g/mol. The van der Waals surface area contributed by atoms with Gasteiger partial charge in [0.25, 0.3) is 0 Å². The third-order valence-electron chi connectivity index (χ3n) is 5.20. The van der Waals surface area contributed by atoms with Gasteiger partial charge in [-0.05, 0) is 31.2 Å². The first-order valence-electron chi connectivity index (χ1n) is 10.7. The van der Waals surface area contributed by atoms with E-state index in [4.69, 9.17) is 13.9 Å². The molecule has 1 aromatic heterocycles. The number of aryl methyl sites for hydroxylation is 1. The smallest absolute Gasteiger partial charge is 0.243 e. The maximum Gasteiger partial charge on any atom is 0.243 e. The quantitative estimate of drug-likeness (QED) is 0.576. The van der Waals surface area contributed by atoms with E-state index < -0.39 is 0 Å². The maximum atomic E-state index is 12.7. The number of hydrogen-bond donors (Lipinski definition) is 1. The van der Waals surface area contributed by atoms with Crippen molar-refractivity contribution in [3.05, 3.63) is 66.4 Å². The van der Waals surface area contributed by atoms with E-state index in [0.717, 1.165) is 17.1 Å². The number of ether oxygens (including phenoxy) is 2. The number of anilines is 1. The van der Waals surface area contributed by atoms with Crippen LogP contribution < -0.4 is 14.8 Å². The highest BCUT2D eigenvalue weighted by Gasteiger charge is 2.18. The summed E-state index contributed by atoms with van der Waals surface area (Å²) >= 11 is 0. The van der Waals surface area contributed by atoms with Crippen molar-refractivity contribution in [3.63, 3.8) is 0 Å². The van der Waals surface area contributed by atoms with Crippen LogP contribution in [-0.4, -0.2) is 43.0 Å². The van der Waals surface area contributed by atoms with Gasteiger partial charge in [0.15, 0.2) is 11.5 Å². The predicted molar refractivity (Wildman–Crippen MR) is 121 cm³/mol. The van der Waals surface area contributed by atoms with Crippen LogP contribution in [0.3, 0.4) is 0 Å². The molecule has 1 aliphatic heterocycles. The lowest BCUT2D eigenvalue weighted by atomic mass is 10.2. The Labute approximate surface area is 186 Å². The molecule has 2 heterocycles. The van der Waals surface area contributed by atoms with Gasteiger partial charge in [0.1, 0.15) is 24.7 Å². The molecule has 32 heavy (non-hydrogen) atoms. The normalized spacial score (nSPS) is 12.3. The minimum Gasteiger partial charge on any atom is -0.486 e. The largest absolute Gasteiger partial charge is 0.486 e. The summed E-state index contributed by atoms with van der Waals surface area (Å²) in [6.07, 6.45) is 0.749. The van der Waals surface area contributed by atoms with Crippen molar-refractivity contribution in [2.45, 2.75) is 19.8 Å². The van der Waals surface area contributed by atoms with E-state index in [1.54, 1.807) is 18.2 Å². The first-order chi connectivity index (χ1) is 15.6. The molecule has 2 amide bonds. The molecule has 7 heteroatoms. The van der Waals surface area contributed by atoms with Crippen molar-refractivity contribution in [2.24, 2.45) is 0 Å². The molecule has 0 bridgehead atoms. The van der Waals surface area contributed by atoms with E-state index >= 15 is 0 Å². The van der Waals surface area contributed by atoms with Gasteiger partial charge in [0.05, 0.1) is 6.54 Å². The zero-order valence-electron chi connectivity index (χ0n) is 18.0. The fourth-order valence-corrected chi connectivity index (χ4v) is 3.53. The van der Waals surface area contributed by atoms with Crippen molar-refractivity contribution in [2.75, 3.05) is 31.6 Å². The zero-order valence-corrected chi connectivity index (χ0v) is 18.0. The Bertz CT molecular complexity index is 1080. The van der Waals surface area contributed by atoms with Crippen molar-refractivity contribution >= 4 is 17.5 Å². The third-order valence-corrected chi connectivity index (χ3v) is 5.20. The summed E-state index contributed by atoms with van der Waals surface area (Å²) in [5, 5.41) is 2.82. The van der Waals surface area contributed by atoms with Crippen molar-refractivity contribution in [1.82, 2.24) is 4.90 Å². The minimum atomic E-state index is -0.263. The molecule has 4 rings (SSSR count). The number of hydrogen-bond acceptors (Lipinski definition) is 5. The van der Waals surface area contributed by atoms with E-state index in [2.05, 4.69) is 5.32 Å². The average Bonchev–Trinajstić information content (AvgIpc) is 3.30. The molecule has 7 nitrogen and oxygen atoms in total. The van der Waals surface area contributed by atoms with Crippen molar-refractivity contribution in [3.8, 4) is 22.8 Å². The zero-order chi connectivity index (χ0) is 22.3. The molecule has 3 aromatic rings. The standard InChI is InChI=1S/C25H26N2O5/c1-2-27(17-24(28)26-19-8-11-22-23(16-19)31-15-14-30-22)25(29)13-10-20-9-12-21(32-20)18-6-4-3-5-7-18/h3-9,11-12,16H,2,10,13-15,17H2,1H3,(H,26,28). The maximum absolute atomic E-state index is 12.7. The highest BCUT2D eigenvalue weighted by molar-refractivity contribution is 5.94. The lowest BCUT2D eigenvalue weighted by molar-refractivity contribution is -0.134. The third kappa shape index (κ3) is 5.29. The topological polar surface area (TPSA) is 81.0 Å². The fraction of sp³-hybridized carbons (Fsp3) is 0.280. The monoisotopic (exact) mass is 434 g/mol. The Kier molecular flexibility index (Phi) is 6.75. The summed E-state index contributed by atoms with van der Waals surface area (Å²) in [5.41, 5.74) is 1.60. The molecule has 0 saturated heterocycles. The molecule has 0 unspecified atom stereocenters. The predicted octanol–water partition coefficient (Wildman–Crippen LogP) is 4.14. The van der Waals surface area contributed by atoms with Crippen LogP contribution in [0.15, 0.2) is 65.1 Å². The summed E-state index contributed by atoms with van der Waals surface area (Å²) in [5.74, 6) is 2.43. The second kappa shape index (κ2) is 10.0. The molecule has 1 N–H and O–H groups in total. The second-order valence-corrected chi connectivity index (χ2v) is 7.45. The highest BCUT2D eigenvalue weighted by Crippen LogP contribution is 2.32. The molecule has 0 saturated carbocycles. The van der Waals surface area contributed by atoms with Gasteiger partial charge in [0, 0.05) is 36.7 Å². The first-order valence-corrected chi connectivity index (χ1v) is 10.7. The molecule has 0 spiro atoms. The van der Waals surface area contributed by atoms with E-state index in [-0.39, 0.29) is 24.8 Å². The number of fused-ring (bicyclic) bond motifs is 1. The van der Waals surface area contributed by atoms with Crippen LogP contribution in [0.1, 0.15) is 19.1 Å². The Hall–Kier alpha value is -3.74. The number of carbonyl (C=O) groups is 2. The van der Waals surface area contributed by atoms with Crippen LogP contribution in [-0.2, 0) is 16.0 Å². The molecule has 1 aliphatic rings. The number of amides is 2. The number of benzene rings is 2. The SMILES string of the molecule is CCN(CC(=O)Nc1ccc2c(c1)OCCO2)C(=O)CCc1ccc(-c2ccccc2)o1. The minimum absolute atomic E-state index is 0.0167. The van der Waals surface area contributed by atoms with Gasteiger partial charge in [-0.1, -0.05) is 30.3 Å². The van der Waals surface area contributed by atoms with Crippen LogP contribution in [0, 0.1) is 0 Å². The number of rotatable bonds is 8. The number of likely N-dealkylation sites (N-methyl/N-ethyl adjacent to an activating group) is 1. The number of nitrogens with one attached hydrogen (secondary N) is 1. The number of furan rings is 1. The van der Waals surface area contributed by atoms with Crippen LogP contribution >= 0.6 is 0 Å². The van der Waals surface area contributed by atoms with Gasteiger partial charge >= 0.3 is 0 Å². The fourth-order valence-electron chi connectivity index (χ4n) is 3.53. The van der Waals surface area contributed by atoms with Crippen LogP contribution in [0.5, 0.6) is 11.5 Å². The van der Waals surface area contributed by atoms with Crippen LogP contribution in [0.2, 0.25) is 0 Å². The molecule has 0 fully saturated rings. The summed E-state index contributed by atoms with van der Waals surface area (Å²) in [7, 11) is 0. The average molecular weight is 434 g/mol. The Morgan fingerprint density at radius 3 is 2.53 bits per heavy atom. The van der Waals surface area contributed by atoms with E-state index in [0.29, 0.717) is 43.4 Å². The van der Waals surface area contributed by atoms with E-state index in [9.17, 15) is 9.59 Å². The first kappa shape index (κ1) is 21.5. The van der Waals surface area contributed by atoms with Gasteiger partial charge in [0.2, 0.25) is 11.8 Å². The molecule has 2 aromatic carbocycles. The molecule has 166 valence electrons. The Balaban J connectivity index is 1.29. The van der Waals surface area contributed by atoms with Crippen LogP contribution in [0.4, 0.5) is 5.69 Å². The van der Waals surface area contributed by atoms with E-state index in [1.165, 1.54) is 4.90 Å². The van der Waals surface area contributed by atoms with Gasteiger partial charge in [-0.2, -0.15) is 0 Å². The summed E-state index contributed by atoms with van der Waals surface area (Å²) in [6.45, 7) is 3.27. The van der Waals surface area contributed by atoms with Gasteiger partial charge in [-0.3, -0.25) is 9.59 Å². The van der Waals surface area contributed by atoms with Gasteiger partial charge < -0.3 is 24.1 Å². The second-order valence-electron chi connectivity index (χ2n) is 7.45. The summed E-state index contributed by atoms with van der Waals surface area (Å²) in [6, 6.07) is 18.9. The lowest BCUT2D eigenvalue weighted by Crippen LogP contribution is -2.38. The lowest BCUT2D eigenvalue weighted by Gasteiger charge is -2.21. The Morgan fingerprint density at radius 2 is 1.75 bits per heavy atom.